The van der Waals surface area contributed by atoms with Crippen molar-refractivity contribution in [1.29, 1.82) is 0 Å². The van der Waals surface area contributed by atoms with Crippen LogP contribution in [-0.2, 0) is 20.0 Å². The van der Waals surface area contributed by atoms with Crippen LogP contribution in [0, 0.1) is 6.92 Å². The van der Waals surface area contributed by atoms with E-state index in [9.17, 15) is 16.8 Å². The molecule has 0 amide bonds. The van der Waals surface area contributed by atoms with Gasteiger partial charge >= 0.3 is 0 Å². The molecule has 0 saturated carbocycles. The number of benzene rings is 2. The van der Waals surface area contributed by atoms with Gasteiger partial charge in [0.25, 0.3) is 10.0 Å². The van der Waals surface area contributed by atoms with E-state index >= 15 is 0 Å². The molecule has 0 spiro atoms. The highest BCUT2D eigenvalue weighted by Crippen LogP contribution is 2.25. The van der Waals surface area contributed by atoms with Crippen LogP contribution in [0.3, 0.4) is 0 Å². The van der Waals surface area contributed by atoms with Gasteiger partial charge in [0.1, 0.15) is 0 Å². The summed E-state index contributed by atoms with van der Waals surface area (Å²) in [6, 6.07) is 10.1. The smallest absolute Gasteiger partial charge is 0.261 e. The van der Waals surface area contributed by atoms with Crippen molar-refractivity contribution in [2.24, 2.45) is 0 Å². The number of nitrogens with one attached hydrogen (secondary N) is 1. The molecule has 0 atom stereocenters. The number of sulfonamides is 2. The minimum atomic E-state index is -3.84. The fourth-order valence-electron chi connectivity index (χ4n) is 2.74. The number of anilines is 1. The molecular formula is C17H19ClN2O4S2. The number of hydrogen-bond donors (Lipinski definition) is 1. The topological polar surface area (TPSA) is 83.5 Å². The van der Waals surface area contributed by atoms with Gasteiger partial charge < -0.3 is 0 Å². The molecule has 2 aromatic rings. The Bertz CT molecular complexity index is 1010. The lowest BCUT2D eigenvalue weighted by atomic mass is 10.2. The van der Waals surface area contributed by atoms with Gasteiger partial charge in [-0.05, 0) is 61.7 Å². The fraction of sp³-hybridized carbons (Fsp3) is 0.294. The average Bonchev–Trinajstić information content (AvgIpc) is 3.13. The lowest BCUT2D eigenvalue weighted by Gasteiger charge is -2.16. The molecule has 1 fully saturated rings. The van der Waals surface area contributed by atoms with Crippen molar-refractivity contribution in [3.8, 4) is 0 Å². The van der Waals surface area contributed by atoms with Crippen LogP contribution in [0.4, 0.5) is 5.69 Å². The Hall–Kier alpha value is -1.61. The monoisotopic (exact) mass is 414 g/mol. The largest absolute Gasteiger partial charge is 0.280 e. The van der Waals surface area contributed by atoms with Crippen molar-refractivity contribution in [2.45, 2.75) is 29.6 Å². The molecule has 26 heavy (non-hydrogen) atoms. The molecule has 3 rings (SSSR count). The Morgan fingerprint density at radius 2 is 1.50 bits per heavy atom. The Morgan fingerprint density at radius 3 is 2.08 bits per heavy atom. The number of halogens is 1. The summed E-state index contributed by atoms with van der Waals surface area (Å²) in [7, 11) is -7.41. The summed E-state index contributed by atoms with van der Waals surface area (Å²) in [6.07, 6.45) is 1.68. The standard InChI is InChI=1S/C17H19ClN2O4S2/c1-13-4-5-14(12-17(13)18)19-25(21,22)15-6-8-16(9-7-15)26(23,24)20-10-2-3-11-20/h4-9,12,19H,2-3,10-11H2,1H3. The maximum Gasteiger partial charge on any atom is 0.261 e. The van der Waals surface area contributed by atoms with Crippen molar-refractivity contribution in [3.63, 3.8) is 0 Å². The summed E-state index contributed by atoms with van der Waals surface area (Å²) in [5.41, 5.74) is 1.18. The summed E-state index contributed by atoms with van der Waals surface area (Å²) in [4.78, 5) is 0.0753. The maximum atomic E-state index is 12.5. The van der Waals surface area contributed by atoms with Gasteiger partial charge in [0.05, 0.1) is 15.5 Å². The Labute approximate surface area is 158 Å². The molecule has 2 aromatic carbocycles. The zero-order valence-electron chi connectivity index (χ0n) is 14.1. The molecule has 0 unspecified atom stereocenters. The van der Waals surface area contributed by atoms with Crippen LogP contribution >= 0.6 is 11.6 Å². The van der Waals surface area contributed by atoms with Crippen LogP contribution in [-0.4, -0.2) is 34.2 Å². The first kappa shape index (κ1) is 19.2. The van der Waals surface area contributed by atoms with Crippen molar-refractivity contribution in [2.75, 3.05) is 17.8 Å². The number of hydrogen-bond acceptors (Lipinski definition) is 4. The average molecular weight is 415 g/mol. The van der Waals surface area contributed by atoms with E-state index in [1.165, 1.54) is 34.6 Å². The van der Waals surface area contributed by atoms with Gasteiger partial charge in [-0.3, -0.25) is 4.72 Å². The predicted molar refractivity (Wildman–Crippen MR) is 101 cm³/mol. The van der Waals surface area contributed by atoms with Gasteiger partial charge in [-0.25, -0.2) is 16.8 Å². The normalized spacial score (nSPS) is 15.9. The third-order valence-corrected chi connectivity index (χ3v) is 7.98. The highest BCUT2D eigenvalue weighted by atomic mass is 35.5. The van der Waals surface area contributed by atoms with E-state index < -0.39 is 20.0 Å². The van der Waals surface area contributed by atoms with Crippen LogP contribution in [0.5, 0.6) is 0 Å². The van der Waals surface area contributed by atoms with E-state index in [0.717, 1.165) is 18.4 Å². The van der Waals surface area contributed by atoms with Gasteiger partial charge in [-0.2, -0.15) is 4.31 Å². The summed E-state index contributed by atoms with van der Waals surface area (Å²) in [5.74, 6) is 0. The first-order chi connectivity index (χ1) is 12.2. The molecule has 1 aliphatic heterocycles. The van der Waals surface area contributed by atoms with Gasteiger partial charge in [-0.15, -0.1) is 0 Å². The summed E-state index contributed by atoms with van der Waals surface area (Å²) in [6.45, 7) is 2.82. The summed E-state index contributed by atoms with van der Waals surface area (Å²) in [5, 5.41) is 0.456. The van der Waals surface area contributed by atoms with E-state index in [2.05, 4.69) is 4.72 Å². The maximum absolute atomic E-state index is 12.5. The molecule has 1 aliphatic rings. The Kier molecular flexibility index (Phi) is 5.30. The van der Waals surface area contributed by atoms with E-state index in [0.29, 0.717) is 23.8 Å². The molecule has 6 nitrogen and oxygen atoms in total. The zero-order valence-corrected chi connectivity index (χ0v) is 16.5. The van der Waals surface area contributed by atoms with Crippen molar-refractivity contribution >= 4 is 37.3 Å². The van der Waals surface area contributed by atoms with Crippen LogP contribution in [0.1, 0.15) is 18.4 Å². The van der Waals surface area contributed by atoms with Gasteiger partial charge in [0.15, 0.2) is 0 Å². The minimum Gasteiger partial charge on any atom is -0.280 e. The second kappa shape index (κ2) is 7.19. The molecule has 1 heterocycles. The Balaban J connectivity index is 1.83. The van der Waals surface area contributed by atoms with Gasteiger partial charge in [-0.1, -0.05) is 17.7 Å². The van der Waals surface area contributed by atoms with Crippen molar-refractivity contribution in [3.05, 3.63) is 53.1 Å². The van der Waals surface area contributed by atoms with Gasteiger partial charge in [0, 0.05) is 18.1 Å². The first-order valence-electron chi connectivity index (χ1n) is 8.09. The molecule has 0 aromatic heterocycles. The first-order valence-corrected chi connectivity index (χ1v) is 11.4. The molecule has 140 valence electrons. The predicted octanol–water partition coefficient (Wildman–Crippen LogP) is 3.23. The number of nitrogens with zero attached hydrogens (tertiary/aromatic N) is 1. The van der Waals surface area contributed by atoms with Gasteiger partial charge in [0.2, 0.25) is 10.0 Å². The number of rotatable bonds is 5. The summed E-state index contributed by atoms with van der Waals surface area (Å²) >= 11 is 6.02. The van der Waals surface area contributed by atoms with Crippen LogP contribution in [0.25, 0.3) is 0 Å². The fourth-order valence-corrected chi connectivity index (χ4v) is 5.49. The number of aryl methyl sites for hydroxylation is 1. The second-order valence-electron chi connectivity index (χ2n) is 6.15. The van der Waals surface area contributed by atoms with E-state index in [1.54, 1.807) is 12.1 Å². The third-order valence-electron chi connectivity index (χ3n) is 4.26. The molecule has 0 aliphatic carbocycles. The lowest BCUT2D eigenvalue weighted by molar-refractivity contribution is 0.477. The second-order valence-corrected chi connectivity index (χ2v) is 10.2. The van der Waals surface area contributed by atoms with E-state index in [1.807, 2.05) is 6.92 Å². The minimum absolute atomic E-state index is 0.0189. The van der Waals surface area contributed by atoms with Crippen LogP contribution in [0.15, 0.2) is 52.3 Å². The molecule has 0 radical (unpaired) electrons. The molecule has 1 saturated heterocycles. The van der Waals surface area contributed by atoms with E-state index in [4.69, 9.17) is 11.6 Å². The molecule has 0 bridgehead atoms. The van der Waals surface area contributed by atoms with E-state index in [-0.39, 0.29) is 9.79 Å². The molecule has 1 N–H and O–H groups in total. The summed E-state index contributed by atoms with van der Waals surface area (Å²) < 4.78 is 53.9. The van der Waals surface area contributed by atoms with Crippen LogP contribution < -0.4 is 4.72 Å². The molecule has 9 heteroatoms. The quantitative estimate of drug-likeness (QED) is 0.814. The highest BCUT2D eigenvalue weighted by Gasteiger charge is 2.27. The SMILES string of the molecule is Cc1ccc(NS(=O)(=O)c2ccc(S(=O)(=O)N3CCCC3)cc2)cc1Cl. The van der Waals surface area contributed by atoms with Crippen molar-refractivity contribution < 1.29 is 16.8 Å². The van der Waals surface area contributed by atoms with Crippen molar-refractivity contribution in [1.82, 2.24) is 4.31 Å². The zero-order chi connectivity index (χ0) is 18.9. The lowest BCUT2D eigenvalue weighted by Crippen LogP contribution is -2.27. The Morgan fingerprint density at radius 1 is 0.923 bits per heavy atom. The molecular weight excluding hydrogens is 396 g/mol. The van der Waals surface area contributed by atoms with Crippen LogP contribution in [0.2, 0.25) is 5.02 Å². The highest BCUT2D eigenvalue weighted by molar-refractivity contribution is 7.92. The third kappa shape index (κ3) is 3.88.